The number of hydrogen-bond donors (Lipinski definition) is 2. The smallest absolute Gasteiger partial charge is 0.412 e. The van der Waals surface area contributed by atoms with Gasteiger partial charge in [0.2, 0.25) is 0 Å². The maximum absolute atomic E-state index is 11.6. The fraction of sp³-hybridized carbons (Fsp3) is 0.462. The average Bonchev–Trinajstić information content (AvgIpc) is 2.14. The fourth-order valence-electron chi connectivity index (χ4n) is 1.39. The van der Waals surface area contributed by atoms with Crippen LogP contribution < -0.4 is 5.32 Å². The van der Waals surface area contributed by atoms with Crippen LogP contribution in [0.4, 0.5) is 10.5 Å². The Morgan fingerprint density at radius 2 is 1.94 bits per heavy atom. The van der Waals surface area contributed by atoms with Gasteiger partial charge >= 0.3 is 6.09 Å². The van der Waals surface area contributed by atoms with Crippen LogP contribution in [-0.2, 0) is 4.74 Å². The van der Waals surface area contributed by atoms with E-state index in [1.165, 1.54) is 0 Å². The molecule has 0 aliphatic heterocycles. The standard InChI is InChI=1S/C13H19NO3/c1-9(15)10-7-5-6-8-11(10)14-12(16)17-13(2,3)4/h5-9,15H,1-4H3,(H,14,16)/t9-/m0/s1. The molecule has 0 heterocycles. The lowest BCUT2D eigenvalue weighted by molar-refractivity contribution is 0.0635. The van der Waals surface area contributed by atoms with E-state index in [0.717, 1.165) is 0 Å². The molecule has 1 amide bonds. The van der Waals surface area contributed by atoms with Gasteiger partial charge in [-0.05, 0) is 33.8 Å². The molecule has 0 spiro atoms. The normalized spacial score (nSPS) is 13.0. The third-order valence-corrected chi connectivity index (χ3v) is 2.05. The molecule has 0 fully saturated rings. The van der Waals surface area contributed by atoms with Gasteiger partial charge in [-0.15, -0.1) is 0 Å². The minimum absolute atomic E-state index is 0.523. The fourth-order valence-corrected chi connectivity index (χ4v) is 1.39. The van der Waals surface area contributed by atoms with Crippen LogP contribution in [0.1, 0.15) is 39.4 Å². The number of aliphatic hydroxyl groups excluding tert-OH is 1. The topological polar surface area (TPSA) is 58.6 Å². The molecule has 0 aliphatic rings. The van der Waals surface area contributed by atoms with Gasteiger partial charge in [-0.3, -0.25) is 5.32 Å². The molecule has 0 unspecified atom stereocenters. The van der Waals surface area contributed by atoms with Gasteiger partial charge in [0.15, 0.2) is 0 Å². The molecule has 0 bridgehead atoms. The van der Waals surface area contributed by atoms with E-state index in [2.05, 4.69) is 5.32 Å². The van der Waals surface area contributed by atoms with Gasteiger partial charge in [-0.1, -0.05) is 18.2 Å². The summed E-state index contributed by atoms with van der Waals surface area (Å²) in [5.41, 5.74) is 0.694. The number of aliphatic hydroxyl groups is 1. The zero-order valence-corrected chi connectivity index (χ0v) is 10.7. The molecular formula is C13H19NO3. The zero-order chi connectivity index (χ0) is 13.1. The summed E-state index contributed by atoms with van der Waals surface area (Å²) in [5.74, 6) is 0. The van der Waals surface area contributed by atoms with E-state index in [1.807, 2.05) is 6.07 Å². The summed E-state index contributed by atoms with van der Waals surface area (Å²) >= 11 is 0. The van der Waals surface area contributed by atoms with Crippen LogP contribution in [0.25, 0.3) is 0 Å². The molecule has 0 radical (unpaired) electrons. The van der Waals surface area contributed by atoms with Crippen molar-refractivity contribution >= 4 is 11.8 Å². The second-order valence-electron chi connectivity index (χ2n) is 4.89. The Bertz CT molecular complexity index is 394. The maximum atomic E-state index is 11.6. The highest BCUT2D eigenvalue weighted by Gasteiger charge is 2.17. The van der Waals surface area contributed by atoms with Crippen LogP contribution in [0.3, 0.4) is 0 Å². The summed E-state index contributed by atoms with van der Waals surface area (Å²) in [5, 5.41) is 12.2. The Labute approximate surface area is 102 Å². The average molecular weight is 237 g/mol. The number of amides is 1. The van der Waals surface area contributed by atoms with E-state index in [-0.39, 0.29) is 0 Å². The molecular weight excluding hydrogens is 218 g/mol. The van der Waals surface area contributed by atoms with Gasteiger partial charge in [-0.2, -0.15) is 0 Å². The Morgan fingerprint density at radius 1 is 1.35 bits per heavy atom. The highest BCUT2D eigenvalue weighted by molar-refractivity contribution is 5.86. The molecule has 0 saturated carbocycles. The predicted octanol–water partition coefficient (Wildman–Crippen LogP) is 3.09. The van der Waals surface area contributed by atoms with Gasteiger partial charge in [0.1, 0.15) is 5.60 Å². The highest BCUT2D eigenvalue weighted by Crippen LogP contribution is 2.22. The monoisotopic (exact) mass is 237 g/mol. The largest absolute Gasteiger partial charge is 0.444 e. The number of anilines is 1. The summed E-state index contributed by atoms with van der Waals surface area (Å²) in [6.07, 6.45) is -1.16. The van der Waals surface area contributed by atoms with Crippen molar-refractivity contribution in [1.82, 2.24) is 0 Å². The Balaban J connectivity index is 2.78. The predicted molar refractivity (Wildman–Crippen MR) is 66.9 cm³/mol. The van der Waals surface area contributed by atoms with Gasteiger partial charge in [0.05, 0.1) is 6.10 Å². The van der Waals surface area contributed by atoms with Gasteiger partial charge in [0, 0.05) is 11.3 Å². The number of carbonyl (C=O) groups is 1. The molecule has 2 N–H and O–H groups in total. The number of carbonyl (C=O) groups excluding carboxylic acids is 1. The van der Waals surface area contributed by atoms with Crippen molar-refractivity contribution in [2.24, 2.45) is 0 Å². The molecule has 1 atom stereocenters. The van der Waals surface area contributed by atoms with Crippen molar-refractivity contribution in [2.75, 3.05) is 5.32 Å². The third-order valence-electron chi connectivity index (χ3n) is 2.05. The number of nitrogens with one attached hydrogen (secondary N) is 1. The number of ether oxygens (including phenoxy) is 1. The molecule has 4 heteroatoms. The zero-order valence-electron chi connectivity index (χ0n) is 10.7. The molecule has 94 valence electrons. The molecule has 17 heavy (non-hydrogen) atoms. The number of para-hydroxylation sites is 1. The van der Waals surface area contributed by atoms with Gasteiger partial charge in [-0.25, -0.2) is 4.79 Å². The van der Waals surface area contributed by atoms with E-state index < -0.39 is 17.8 Å². The van der Waals surface area contributed by atoms with E-state index in [4.69, 9.17) is 4.74 Å². The van der Waals surface area contributed by atoms with E-state index >= 15 is 0 Å². The van der Waals surface area contributed by atoms with Crippen molar-refractivity contribution < 1.29 is 14.6 Å². The van der Waals surface area contributed by atoms with Crippen molar-refractivity contribution in [3.8, 4) is 0 Å². The maximum Gasteiger partial charge on any atom is 0.412 e. The van der Waals surface area contributed by atoms with E-state index in [0.29, 0.717) is 11.3 Å². The Morgan fingerprint density at radius 3 is 2.47 bits per heavy atom. The molecule has 4 nitrogen and oxygen atoms in total. The minimum Gasteiger partial charge on any atom is -0.444 e. The minimum atomic E-state index is -0.638. The van der Waals surface area contributed by atoms with E-state index in [1.54, 1.807) is 45.9 Å². The first-order valence-corrected chi connectivity index (χ1v) is 5.56. The SMILES string of the molecule is C[C@H](O)c1ccccc1NC(=O)OC(C)(C)C. The lowest BCUT2D eigenvalue weighted by Crippen LogP contribution is -2.27. The first-order valence-electron chi connectivity index (χ1n) is 5.56. The molecule has 1 aromatic carbocycles. The lowest BCUT2D eigenvalue weighted by Gasteiger charge is -2.20. The van der Waals surface area contributed by atoms with Crippen molar-refractivity contribution in [1.29, 1.82) is 0 Å². The van der Waals surface area contributed by atoms with Crippen LogP contribution in [0.2, 0.25) is 0 Å². The third kappa shape index (κ3) is 4.44. The summed E-state index contributed by atoms with van der Waals surface area (Å²) in [6, 6.07) is 7.09. The number of hydrogen-bond acceptors (Lipinski definition) is 3. The van der Waals surface area contributed by atoms with E-state index in [9.17, 15) is 9.90 Å². The molecule has 1 aromatic rings. The van der Waals surface area contributed by atoms with Crippen molar-refractivity contribution in [3.63, 3.8) is 0 Å². The van der Waals surface area contributed by atoms with Crippen LogP contribution >= 0.6 is 0 Å². The Kier molecular flexibility index (Phi) is 4.12. The summed E-state index contributed by atoms with van der Waals surface area (Å²) < 4.78 is 5.14. The highest BCUT2D eigenvalue weighted by atomic mass is 16.6. The second kappa shape index (κ2) is 5.19. The molecule has 1 rings (SSSR count). The van der Waals surface area contributed by atoms with Crippen molar-refractivity contribution in [3.05, 3.63) is 29.8 Å². The summed E-state index contributed by atoms with van der Waals surface area (Å²) in [7, 11) is 0. The molecule has 0 aliphatic carbocycles. The van der Waals surface area contributed by atoms with Crippen LogP contribution in [-0.4, -0.2) is 16.8 Å². The lowest BCUT2D eigenvalue weighted by atomic mass is 10.1. The Hall–Kier alpha value is -1.55. The number of rotatable bonds is 2. The summed E-state index contributed by atoms with van der Waals surface area (Å²) in [4.78, 5) is 11.6. The second-order valence-corrected chi connectivity index (χ2v) is 4.89. The quantitative estimate of drug-likeness (QED) is 0.831. The van der Waals surface area contributed by atoms with Crippen LogP contribution in [0, 0.1) is 0 Å². The first kappa shape index (κ1) is 13.5. The summed E-state index contributed by atoms with van der Waals surface area (Å²) in [6.45, 7) is 7.04. The van der Waals surface area contributed by atoms with Gasteiger partial charge in [0.25, 0.3) is 0 Å². The first-order chi connectivity index (χ1) is 7.79. The molecule has 0 aromatic heterocycles. The van der Waals surface area contributed by atoms with Crippen LogP contribution in [0.15, 0.2) is 24.3 Å². The van der Waals surface area contributed by atoms with Gasteiger partial charge < -0.3 is 9.84 Å². The molecule has 0 saturated heterocycles. The van der Waals surface area contributed by atoms with Crippen molar-refractivity contribution in [2.45, 2.75) is 39.4 Å². The van der Waals surface area contributed by atoms with Crippen LogP contribution in [0.5, 0.6) is 0 Å². The number of benzene rings is 1.